The van der Waals surface area contributed by atoms with E-state index < -0.39 is 10.0 Å². The summed E-state index contributed by atoms with van der Waals surface area (Å²) >= 11 is 0. The lowest BCUT2D eigenvalue weighted by molar-refractivity contribution is 0.413. The van der Waals surface area contributed by atoms with Gasteiger partial charge in [0.05, 0.1) is 4.90 Å². The summed E-state index contributed by atoms with van der Waals surface area (Å²) in [7, 11) is -3.58. The molecule has 3 nitrogen and oxygen atoms in total. The van der Waals surface area contributed by atoms with Crippen molar-refractivity contribution in [3.8, 4) is 0 Å². The summed E-state index contributed by atoms with van der Waals surface area (Å²) in [6.45, 7) is 6.53. The summed E-state index contributed by atoms with van der Waals surface area (Å²) in [6, 6.07) is 6.93. The van der Waals surface area contributed by atoms with Crippen LogP contribution in [0, 0.1) is 0 Å². The molecule has 0 bridgehead atoms. The van der Waals surface area contributed by atoms with Crippen LogP contribution < -0.4 is 5.14 Å². The second-order valence-corrected chi connectivity index (χ2v) is 6.30. The lowest BCUT2D eigenvalue weighted by Gasteiger charge is -2.28. The molecule has 0 heterocycles. The lowest BCUT2D eigenvalue weighted by atomic mass is 9.77. The Hall–Kier alpha value is -0.870. The van der Waals surface area contributed by atoms with Crippen molar-refractivity contribution in [2.24, 2.45) is 5.14 Å². The number of benzene rings is 1. The van der Waals surface area contributed by atoms with Gasteiger partial charge in [-0.15, -0.1) is 0 Å². The van der Waals surface area contributed by atoms with Gasteiger partial charge in [0.15, 0.2) is 0 Å². The molecule has 0 aliphatic carbocycles. The highest BCUT2D eigenvalue weighted by molar-refractivity contribution is 7.89. The van der Waals surface area contributed by atoms with Gasteiger partial charge in [0.1, 0.15) is 0 Å². The van der Waals surface area contributed by atoms with Gasteiger partial charge in [-0.25, -0.2) is 13.6 Å². The minimum absolute atomic E-state index is 0.117. The number of rotatable bonds is 5. The summed E-state index contributed by atoms with van der Waals surface area (Å²) in [6.07, 6.45) is 3.25. The summed E-state index contributed by atoms with van der Waals surface area (Å²) < 4.78 is 22.3. The topological polar surface area (TPSA) is 60.2 Å². The standard InChI is InChI=1S/C13H21NO2S/c1-4-10-13(3,5-2)11-6-8-12(9-7-11)17(14,15)16/h6-9H,4-5,10H2,1-3H3,(H2,14,15,16). The van der Waals surface area contributed by atoms with Crippen LogP contribution in [0.4, 0.5) is 0 Å². The maximum atomic E-state index is 11.2. The van der Waals surface area contributed by atoms with Crippen LogP contribution in [-0.4, -0.2) is 8.42 Å². The fourth-order valence-electron chi connectivity index (χ4n) is 2.12. The minimum Gasteiger partial charge on any atom is -0.225 e. The molecule has 1 aromatic rings. The van der Waals surface area contributed by atoms with Gasteiger partial charge in [-0.1, -0.05) is 39.3 Å². The Balaban J connectivity index is 3.09. The third-order valence-corrected chi connectivity index (χ3v) is 4.39. The Bertz CT molecular complexity index is 465. The normalized spacial score (nSPS) is 15.5. The van der Waals surface area contributed by atoms with Crippen molar-refractivity contribution in [2.45, 2.75) is 50.3 Å². The van der Waals surface area contributed by atoms with E-state index in [1.807, 2.05) is 12.1 Å². The van der Waals surface area contributed by atoms with E-state index in [0.717, 1.165) is 19.3 Å². The van der Waals surface area contributed by atoms with Crippen LogP contribution in [0.5, 0.6) is 0 Å². The molecule has 96 valence electrons. The van der Waals surface area contributed by atoms with E-state index in [4.69, 9.17) is 5.14 Å². The van der Waals surface area contributed by atoms with Crippen molar-refractivity contribution < 1.29 is 8.42 Å². The molecule has 0 saturated heterocycles. The Morgan fingerprint density at radius 1 is 1.18 bits per heavy atom. The van der Waals surface area contributed by atoms with Crippen LogP contribution in [0.3, 0.4) is 0 Å². The van der Waals surface area contributed by atoms with E-state index >= 15 is 0 Å². The predicted molar refractivity (Wildman–Crippen MR) is 70.4 cm³/mol. The summed E-state index contributed by atoms with van der Waals surface area (Å²) in [5.74, 6) is 0. The van der Waals surface area contributed by atoms with Gasteiger partial charge in [0.2, 0.25) is 10.0 Å². The molecule has 0 aliphatic rings. The molecule has 0 amide bonds. The van der Waals surface area contributed by atoms with Crippen molar-refractivity contribution in [1.29, 1.82) is 0 Å². The van der Waals surface area contributed by atoms with E-state index in [1.54, 1.807) is 12.1 Å². The maximum Gasteiger partial charge on any atom is 0.238 e. The maximum absolute atomic E-state index is 11.2. The van der Waals surface area contributed by atoms with E-state index in [9.17, 15) is 8.42 Å². The monoisotopic (exact) mass is 255 g/mol. The van der Waals surface area contributed by atoms with Gasteiger partial charge in [0.25, 0.3) is 0 Å². The van der Waals surface area contributed by atoms with Crippen molar-refractivity contribution in [1.82, 2.24) is 0 Å². The van der Waals surface area contributed by atoms with Gasteiger partial charge >= 0.3 is 0 Å². The summed E-state index contributed by atoms with van der Waals surface area (Å²) in [5, 5.41) is 5.08. The molecule has 0 aliphatic heterocycles. The zero-order chi connectivity index (χ0) is 13.1. The fourth-order valence-corrected chi connectivity index (χ4v) is 2.64. The summed E-state index contributed by atoms with van der Waals surface area (Å²) in [4.78, 5) is 0.177. The Labute approximate surface area is 104 Å². The van der Waals surface area contributed by atoms with Gasteiger partial charge in [-0.2, -0.15) is 0 Å². The highest BCUT2D eigenvalue weighted by Gasteiger charge is 2.23. The first-order valence-electron chi connectivity index (χ1n) is 5.97. The van der Waals surface area contributed by atoms with Crippen molar-refractivity contribution in [2.75, 3.05) is 0 Å². The fraction of sp³-hybridized carbons (Fsp3) is 0.538. The molecule has 0 saturated carbocycles. The van der Waals surface area contributed by atoms with Crippen molar-refractivity contribution >= 4 is 10.0 Å². The first-order chi connectivity index (χ1) is 7.83. The first kappa shape index (κ1) is 14.2. The van der Waals surface area contributed by atoms with Crippen LogP contribution >= 0.6 is 0 Å². The van der Waals surface area contributed by atoms with E-state index in [1.165, 1.54) is 5.56 Å². The highest BCUT2D eigenvalue weighted by Crippen LogP contribution is 2.32. The van der Waals surface area contributed by atoms with E-state index in [2.05, 4.69) is 20.8 Å². The highest BCUT2D eigenvalue weighted by atomic mass is 32.2. The Kier molecular flexibility index (Phi) is 4.33. The lowest BCUT2D eigenvalue weighted by Crippen LogP contribution is -2.21. The molecule has 1 unspecified atom stereocenters. The third-order valence-electron chi connectivity index (χ3n) is 3.46. The zero-order valence-corrected chi connectivity index (χ0v) is 11.5. The van der Waals surface area contributed by atoms with Crippen LogP contribution in [0.15, 0.2) is 29.2 Å². The van der Waals surface area contributed by atoms with E-state index in [-0.39, 0.29) is 10.3 Å². The molecule has 17 heavy (non-hydrogen) atoms. The van der Waals surface area contributed by atoms with Gasteiger partial charge in [-0.3, -0.25) is 0 Å². The smallest absolute Gasteiger partial charge is 0.225 e. The zero-order valence-electron chi connectivity index (χ0n) is 10.7. The van der Waals surface area contributed by atoms with Gasteiger partial charge in [-0.05, 0) is 36.0 Å². The quantitative estimate of drug-likeness (QED) is 0.879. The van der Waals surface area contributed by atoms with Crippen molar-refractivity contribution in [3.05, 3.63) is 29.8 Å². The van der Waals surface area contributed by atoms with Crippen LogP contribution in [0.25, 0.3) is 0 Å². The average molecular weight is 255 g/mol. The molecule has 1 rings (SSSR count). The minimum atomic E-state index is -3.58. The second-order valence-electron chi connectivity index (χ2n) is 4.73. The second kappa shape index (κ2) is 5.19. The van der Waals surface area contributed by atoms with E-state index in [0.29, 0.717) is 0 Å². The molecule has 1 aromatic carbocycles. The molecule has 0 fully saturated rings. The number of primary sulfonamides is 1. The molecule has 0 aromatic heterocycles. The van der Waals surface area contributed by atoms with Gasteiger partial charge in [0, 0.05) is 0 Å². The van der Waals surface area contributed by atoms with Crippen LogP contribution in [0.2, 0.25) is 0 Å². The van der Waals surface area contributed by atoms with Crippen molar-refractivity contribution in [3.63, 3.8) is 0 Å². The number of sulfonamides is 1. The Morgan fingerprint density at radius 2 is 1.71 bits per heavy atom. The molecule has 2 N–H and O–H groups in total. The number of nitrogens with two attached hydrogens (primary N) is 1. The molecule has 4 heteroatoms. The third kappa shape index (κ3) is 3.30. The van der Waals surface area contributed by atoms with Crippen LogP contribution in [0.1, 0.15) is 45.6 Å². The average Bonchev–Trinajstić information content (AvgIpc) is 2.28. The molecular formula is C13H21NO2S. The number of hydrogen-bond acceptors (Lipinski definition) is 2. The SMILES string of the molecule is CCCC(C)(CC)c1ccc(S(N)(=O)=O)cc1. The largest absolute Gasteiger partial charge is 0.238 e. The molecule has 0 radical (unpaired) electrons. The predicted octanol–water partition coefficient (Wildman–Crippen LogP) is 2.80. The molecule has 1 atom stereocenters. The molecule has 0 spiro atoms. The first-order valence-corrected chi connectivity index (χ1v) is 7.51. The summed E-state index contributed by atoms with van der Waals surface area (Å²) in [5.41, 5.74) is 1.29. The van der Waals surface area contributed by atoms with Gasteiger partial charge < -0.3 is 0 Å². The number of hydrogen-bond donors (Lipinski definition) is 1. The van der Waals surface area contributed by atoms with Crippen LogP contribution in [-0.2, 0) is 15.4 Å². The molecular weight excluding hydrogens is 234 g/mol. The Morgan fingerprint density at radius 3 is 2.06 bits per heavy atom.